The van der Waals surface area contributed by atoms with Gasteiger partial charge in [0.1, 0.15) is 5.75 Å². The molecule has 5 heteroatoms. The Bertz CT molecular complexity index is 526. The number of carbonyl (C=O) groups is 2. The number of methoxy groups -OCH3 is 1. The molecule has 0 bridgehead atoms. The van der Waals surface area contributed by atoms with Crippen molar-refractivity contribution in [1.82, 2.24) is 5.32 Å². The van der Waals surface area contributed by atoms with Crippen LogP contribution in [0.25, 0.3) is 0 Å². The van der Waals surface area contributed by atoms with E-state index in [-0.39, 0.29) is 19.1 Å². The zero-order chi connectivity index (χ0) is 15.8. The molecule has 1 N–H and O–H groups in total. The Labute approximate surface area is 124 Å². The molecule has 0 radical (unpaired) electrons. The molecule has 0 aromatic heterocycles. The van der Waals surface area contributed by atoms with Gasteiger partial charge in [0.15, 0.2) is 6.61 Å². The molecule has 0 heterocycles. The van der Waals surface area contributed by atoms with Crippen molar-refractivity contribution in [3.8, 4) is 5.75 Å². The van der Waals surface area contributed by atoms with Crippen molar-refractivity contribution in [2.45, 2.75) is 20.8 Å². The lowest BCUT2D eigenvalue weighted by Gasteiger charge is -2.12. The van der Waals surface area contributed by atoms with Crippen molar-refractivity contribution < 1.29 is 19.1 Å². The van der Waals surface area contributed by atoms with Gasteiger partial charge in [-0.2, -0.15) is 0 Å². The van der Waals surface area contributed by atoms with E-state index in [0.717, 1.165) is 22.4 Å². The molecule has 0 saturated heterocycles. The van der Waals surface area contributed by atoms with E-state index in [2.05, 4.69) is 10.1 Å². The van der Waals surface area contributed by atoms with Crippen LogP contribution in [0.4, 0.5) is 0 Å². The summed E-state index contributed by atoms with van der Waals surface area (Å²) >= 11 is 0. The van der Waals surface area contributed by atoms with Gasteiger partial charge in [0.05, 0.1) is 7.11 Å². The first-order valence-corrected chi connectivity index (χ1v) is 6.66. The van der Waals surface area contributed by atoms with Gasteiger partial charge in [0.2, 0.25) is 0 Å². The Morgan fingerprint density at radius 3 is 2.38 bits per heavy atom. The summed E-state index contributed by atoms with van der Waals surface area (Å²) in [6.07, 6.45) is 2.78. The normalized spacial score (nSPS) is 10.5. The molecule has 1 aromatic rings. The summed E-state index contributed by atoms with van der Waals surface area (Å²) in [5, 5.41) is 2.62. The first kappa shape index (κ1) is 16.8. The van der Waals surface area contributed by atoms with Crippen molar-refractivity contribution in [3.63, 3.8) is 0 Å². The molecule has 1 amide bonds. The Kier molecular flexibility index (Phi) is 6.46. The fourth-order valence-electron chi connectivity index (χ4n) is 1.98. The maximum atomic E-state index is 11.6. The van der Waals surface area contributed by atoms with Crippen LogP contribution < -0.4 is 10.1 Å². The first-order valence-electron chi connectivity index (χ1n) is 6.66. The van der Waals surface area contributed by atoms with Crippen LogP contribution in [-0.4, -0.2) is 32.1 Å². The summed E-state index contributed by atoms with van der Waals surface area (Å²) < 4.78 is 9.99. The molecule has 0 fully saturated rings. The molecule has 0 unspecified atom stereocenters. The lowest BCUT2D eigenvalue weighted by Crippen LogP contribution is -2.29. The minimum atomic E-state index is -0.452. The van der Waals surface area contributed by atoms with Crippen LogP contribution in [-0.2, 0) is 14.3 Å². The van der Waals surface area contributed by atoms with E-state index in [1.807, 2.05) is 32.9 Å². The highest BCUT2D eigenvalue weighted by Crippen LogP contribution is 2.24. The number of carbonyl (C=O) groups excluding carboxylic acids is 2. The fraction of sp³-hybridized carbons (Fsp3) is 0.375. The van der Waals surface area contributed by atoms with E-state index in [4.69, 9.17) is 4.74 Å². The van der Waals surface area contributed by atoms with Gasteiger partial charge in [-0.05, 0) is 31.9 Å². The number of hydrogen-bond donors (Lipinski definition) is 1. The van der Waals surface area contributed by atoms with Gasteiger partial charge in [-0.15, -0.1) is 0 Å². The first-order chi connectivity index (χ1) is 9.93. The second-order valence-corrected chi connectivity index (χ2v) is 4.75. The van der Waals surface area contributed by atoms with E-state index < -0.39 is 5.97 Å². The number of nitrogens with one attached hydrogen (secondary N) is 1. The molecule has 0 aliphatic carbocycles. The molecule has 21 heavy (non-hydrogen) atoms. The maximum absolute atomic E-state index is 11.6. The predicted molar refractivity (Wildman–Crippen MR) is 80.3 cm³/mol. The number of ether oxygens (including phenoxy) is 2. The highest BCUT2D eigenvalue weighted by Gasteiger charge is 2.07. The Morgan fingerprint density at radius 2 is 1.81 bits per heavy atom. The van der Waals surface area contributed by atoms with Crippen LogP contribution in [0.2, 0.25) is 0 Å². The van der Waals surface area contributed by atoms with Gasteiger partial charge in [-0.3, -0.25) is 4.79 Å². The molecule has 0 atom stereocenters. The zero-order valence-corrected chi connectivity index (χ0v) is 12.9. The lowest BCUT2D eigenvalue weighted by atomic mass is 10.1. The molecule has 114 valence electrons. The number of benzene rings is 1. The molecule has 5 nitrogen and oxygen atoms in total. The molecule has 0 saturated carbocycles. The van der Waals surface area contributed by atoms with Gasteiger partial charge in [0, 0.05) is 12.6 Å². The van der Waals surface area contributed by atoms with E-state index >= 15 is 0 Å². The predicted octanol–water partition coefficient (Wildman–Crippen LogP) is 1.84. The Morgan fingerprint density at radius 1 is 1.19 bits per heavy atom. The van der Waals surface area contributed by atoms with Crippen molar-refractivity contribution in [1.29, 1.82) is 0 Å². The summed E-state index contributed by atoms with van der Waals surface area (Å²) in [5.41, 5.74) is 3.17. The van der Waals surface area contributed by atoms with Crippen LogP contribution >= 0.6 is 0 Å². The number of esters is 1. The van der Waals surface area contributed by atoms with Gasteiger partial charge >= 0.3 is 5.97 Å². The third-order valence-electron chi connectivity index (χ3n) is 2.82. The van der Waals surface area contributed by atoms with Crippen molar-refractivity contribution in [2.75, 3.05) is 20.3 Å². The monoisotopic (exact) mass is 291 g/mol. The third-order valence-corrected chi connectivity index (χ3v) is 2.82. The maximum Gasteiger partial charge on any atom is 0.330 e. The average molecular weight is 291 g/mol. The molecule has 1 aromatic carbocycles. The second-order valence-electron chi connectivity index (χ2n) is 4.75. The minimum Gasteiger partial charge on any atom is -0.483 e. The summed E-state index contributed by atoms with van der Waals surface area (Å²) in [4.78, 5) is 22.5. The number of rotatable bonds is 6. The summed E-state index contributed by atoms with van der Waals surface area (Å²) in [6.45, 7) is 6.11. The summed E-state index contributed by atoms with van der Waals surface area (Å²) in [7, 11) is 1.30. The number of aryl methyl sites for hydroxylation is 3. The van der Waals surface area contributed by atoms with Crippen LogP contribution in [0, 0.1) is 20.8 Å². The van der Waals surface area contributed by atoms with Crippen LogP contribution in [0.5, 0.6) is 5.75 Å². The van der Waals surface area contributed by atoms with Crippen LogP contribution in [0.15, 0.2) is 24.3 Å². The fourth-order valence-corrected chi connectivity index (χ4v) is 1.98. The molecular formula is C16H21NO4. The molecule has 1 rings (SSSR count). The molecule has 0 spiro atoms. The highest BCUT2D eigenvalue weighted by atomic mass is 16.5. The van der Waals surface area contributed by atoms with Gasteiger partial charge < -0.3 is 14.8 Å². The SMILES string of the molecule is COC(=O)/C=C/CNC(=O)COc1c(C)cc(C)cc1C. The topological polar surface area (TPSA) is 64.6 Å². The molecule has 0 aliphatic heterocycles. The van der Waals surface area contributed by atoms with Crippen molar-refractivity contribution >= 4 is 11.9 Å². The van der Waals surface area contributed by atoms with E-state index in [0.29, 0.717) is 0 Å². The van der Waals surface area contributed by atoms with Crippen LogP contribution in [0.3, 0.4) is 0 Å². The quantitative estimate of drug-likeness (QED) is 0.641. The largest absolute Gasteiger partial charge is 0.483 e. The van der Waals surface area contributed by atoms with E-state index in [9.17, 15) is 9.59 Å². The van der Waals surface area contributed by atoms with Gasteiger partial charge in [-0.25, -0.2) is 4.79 Å². The number of hydrogen-bond acceptors (Lipinski definition) is 4. The smallest absolute Gasteiger partial charge is 0.330 e. The van der Waals surface area contributed by atoms with Gasteiger partial charge in [-0.1, -0.05) is 23.8 Å². The number of amides is 1. The second kappa shape index (κ2) is 8.09. The Hall–Kier alpha value is -2.30. The van der Waals surface area contributed by atoms with Gasteiger partial charge in [0.25, 0.3) is 5.91 Å². The standard InChI is InChI=1S/C16H21NO4/c1-11-8-12(2)16(13(3)9-11)21-10-14(18)17-7-5-6-15(19)20-4/h5-6,8-9H,7,10H2,1-4H3,(H,17,18)/b6-5+. The molecule has 0 aliphatic rings. The zero-order valence-electron chi connectivity index (χ0n) is 12.9. The van der Waals surface area contributed by atoms with Crippen LogP contribution in [0.1, 0.15) is 16.7 Å². The van der Waals surface area contributed by atoms with Crippen molar-refractivity contribution in [3.05, 3.63) is 41.0 Å². The Balaban J connectivity index is 2.44. The third kappa shape index (κ3) is 5.69. The lowest BCUT2D eigenvalue weighted by molar-refractivity contribution is -0.134. The highest BCUT2D eigenvalue weighted by molar-refractivity contribution is 5.82. The van der Waals surface area contributed by atoms with E-state index in [1.165, 1.54) is 19.3 Å². The molecular weight excluding hydrogens is 270 g/mol. The summed E-state index contributed by atoms with van der Waals surface area (Å²) in [5.74, 6) is 0.0381. The average Bonchev–Trinajstić information content (AvgIpc) is 2.42. The minimum absolute atomic E-state index is 0.0587. The van der Waals surface area contributed by atoms with E-state index in [1.54, 1.807) is 0 Å². The van der Waals surface area contributed by atoms with Crippen molar-refractivity contribution in [2.24, 2.45) is 0 Å². The summed E-state index contributed by atoms with van der Waals surface area (Å²) in [6, 6.07) is 4.03.